The maximum absolute atomic E-state index is 5.09. The summed E-state index contributed by atoms with van der Waals surface area (Å²) in [6.45, 7) is 4.04. The van der Waals surface area contributed by atoms with Crippen molar-refractivity contribution in [1.82, 2.24) is 15.4 Å². The first-order chi connectivity index (χ1) is 6.66. The van der Waals surface area contributed by atoms with Gasteiger partial charge < -0.3 is 8.94 Å². The van der Waals surface area contributed by atoms with Gasteiger partial charge in [-0.2, -0.15) is 0 Å². The minimum Gasteiger partial charge on any atom is -0.408 e. The Kier molecular flexibility index (Phi) is 2.20. The van der Waals surface area contributed by atoms with Gasteiger partial charge in [-0.25, -0.2) is 5.10 Å². The molecule has 0 saturated heterocycles. The van der Waals surface area contributed by atoms with Crippen LogP contribution in [-0.4, -0.2) is 15.4 Å². The van der Waals surface area contributed by atoms with E-state index in [9.17, 15) is 0 Å². The first-order valence-corrected chi connectivity index (χ1v) is 4.60. The van der Waals surface area contributed by atoms with E-state index in [-0.39, 0.29) is 10.8 Å². The fourth-order valence-electron chi connectivity index (χ4n) is 1.00. The summed E-state index contributed by atoms with van der Waals surface area (Å²) in [6, 6.07) is 1.79. The molecule has 0 atom stereocenters. The number of H-pyrrole nitrogens is 1. The van der Waals surface area contributed by atoms with Gasteiger partial charge in [0.1, 0.15) is 5.76 Å². The standard InChI is InChI=1S/C8H9N3O2S/c1-4(2)6-3-5(11-13-6)7-9-10-8(14)12-7/h3-4H,1-2H3,(H,10,14). The molecule has 2 aromatic rings. The van der Waals surface area contributed by atoms with Crippen molar-refractivity contribution < 1.29 is 8.94 Å². The number of rotatable bonds is 2. The molecule has 6 heteroatoms. The van der Waals surface area contributed by atoms with Gasteiger partial charge in [-0.05, 0) is 12.2 Å². The molecule has 0 aromatic carbocycles. The van der Waals surface area contributed by atoms with Crippen molar-refractivity contribution in [3.05, 3.63) is 16.7 Å². The lowest BCUT2D eigenvalue weighted by Gasteiger charge is -1.92. The first-order valence-electron chi connectivity index (χ1n) is 4.19. The highest BCUT2D eigenvalue weighted by Crippen LogP contribution is 2.21. The maximum atomic E-state index is 5.09. The summed E-state index contributed by atoms with van der Waals surface area (Å²) in [7, 11) is 0. The van der Waals surface area contributed by atoms with E-state index < -0.39 is 0 Å². The fourth-order valence-corrected chi connectivity index (χ4v) is 1.13. The Morgan fingerprint density at radius 1 is 1.50 bits per heavy atom. The lowest BCUT2D eigenvalue weighted by Crippen LogP contribution is -1.80. The molecule has 0 aliphatic rings. The monoisotopic (exact) mass is 211 g/mol. The molecule has 0 bridgehead atoms. The summed E-state index contributed by atoms with van der Waals surface area (Å²) in [6.07, 6.45) is 0. The third-order valence-electron chi connectivity index (χ3n) is 1.75. The third kappa shape index (κ3) is 1.60. The van der Waals surface area contributed by atoms with Crippen molar-refractivity contribution in [2.75, 3.05) is 0 Å². The van der Waals surface area contributed by atoms with Gasteiger partial charge in [-0.1, -0.05) is 19.0 Å². The normalized spacial score (nSPS) is 11.1. The second-order valence-electron chi connectivity index (χ2n) is 3.19. The smallest absolute Gasteiger partial charge is 0.284 e. The van der Waals surface area contributed by atoms with E-state index in [2.05, 4.69) is 15.4 Å². The Balaban J connectivity index is 2.38. The van der Waals surface area contributed by atoms with Gasteiger partial charge in [-0.15, -0.1) is 5.10 Å². The van der Waals surface area contributed by atoms with Gasteiger partial charge in [0.15, 0.2) is 5.69 Å². The van der Waals surface area contributed by atoms with Crippen molar-refractivity contribution in [3.8, 4) is 11.6 Å². The zero-order valence-corrected chi connectivity index (χ0v) is 8.59. The minimum atomic E-state index is 0.231. The van der Waals surface area contributed by atoms with Crippen molar-refractivity contribution in [1.29, 1.82) is 0 Å². The molecule has 1 N–H and O–H groups in total. The molecule has 5 nitrogen and oxygen atoms in total. The average Bonchev–Trinajstić information content (AvgIpc) is 2.70. The lowest BCUT2D eigenvalue weighted by atomic mass is 10.1. The number of hydrogen-bond donors (Lipinski definition) is 1. The maximum Gasteiger partial charge on any atom is 0.284 e. The van der Waals surface area contributed by atoms with E-state index in [0.29, 0.717) is 11.6 Å². The molecular formula is C8H9N3O2S. The predicted octanol–water partition coefficient (Wildman–Crippen LogP) is 2.51. The summed E-state index contributed by atoms with van der Waals surface area (Å²) in [5.74, 6) is 1.44. The number of hydrogen-bond acceptors (Lipinski definition) is 5. The van der Waals surface area contributed by atoms with Gasteiger partial charge in [0.25, 0.3) is 10.7 Å². The molecule has 0 aliphatic heterocycles. The van der Waals surface area contributed by atoms with Gasteiger partial charge in [0.05, 0.1) is 0 Å². The number of aromatic amines is 1. The van der Waals surface area contributed by atoms with Crippen LogP contribution in [0, 0.1) is 4.84 Å². The molecule has 0 aliphatic carbocycles. The van der Waals surface area contributed by atoms with E-state index >= 15 is 0 Å². The van der Waals surface area contributed by atoms with Crippen LogP contribution in [-0.2, 0) is 0 Å². The zero-order valence-electron chi connectivity index (χ0n) is 7.77. The van der Waals surface area contributed by atoms with E-state index in [0.717, 1.165) is 5.76 Å². The molecule has 0 amide bonds. The molecule has 14 heavy (non-hydrogen) atoms. The van der Waals surface area contributed by atoms with Crippen molar-refractivity contribution in [3.63, 3.8) is 0 Å². The zero-order chi connectivity index (χ0) is 10.1. The van der Waals surface area contributed by atoms with Gasteiger partial charge in [0, 0.05) is 12.0 Å². The second-order valence-corrected chi connectivity index (χ2v) is 3.56. The highest BCUT2D eigenvalue weighted by Gasteiger charge is 2.12. The summed E-state index contributed by atoms with van der Waals surface area (Å²) in [4.78, 5) is 0.231. The topological polar surface area (TPSA) is 67.8 Å². The highest BCUT2D eigenvalue weighted by atomic mass is 32.1. The second kappa shape index (κ2) is 3.38. The van der Waals surface area contributed by atoms with Crippen molar-refractivity contribution in [2.24, 2.45) is 0 Å². The van der Waals surface area contributed by atoms with Crippen LogP contribution in [0.1, 0.15) is 25.5 Å². The molecular weight excluding hydrogens is 202 g/mol. The summed E-state index contributed by atoms with van der Waals surface area (Å²) < 4.78 is 10.2. The van der Waals surface area contributed by atoms with Crippen LogP contribution in [0.2, 0.25) is 0 Å². The van der Waals surface area contributed by atoms with E-state index in [1.54, 1.807) is 6.07 Å². The number of nitrogens with one attached hydrogen (secondary N) is 1. The first kappa shape index (κ1) is 9.14. The Hall–Kier alpha value is -1.43. The molecule has 0 unspecified atom stereocenters. The van der Waals surface area contributed by atoms with E-state index in [4.69, 9.17) is 21.2 Å². The Morgan fingerprint density at radius 3 is 2.79 bits per heavy atom. The number of nitrogens with zero attached hydrogens (tertiary/aromatic N) is 2. The van der Waals surface area contributed by atoms with Gasteiger partial charge >= 0.3 is 0 Å². The molecule has 0 spiro atoms. The summed E-state index contributed by atoms with van der Waals surface area (Å²) >= 11 is 4.75. The molecule has 74 valence electrons. The lowest BCUT2D eigenvalue weighted by molar-refractivity contribution is 0.371. The van der Waals surface area contributed by atoms with Crippen molar-refractivity contribution >= 4 is 12.2 Å². The fraction of sp³-hybridized carbons (Fsp3) is 0.375. The van der Waals surface area contributed by atoms with Crippen LogP contribution in [0.4, 0.5) is 0 Å². The highest BCUT2D eigenvalue weighted by molar-refractivity contribution is 7.71. The van der Waals surface area contributed by atoms with E-state index in [1.165, 1.54) is 0 Å². The molecule has 0 fully saturated rings. The van der Waals surface area contributed by atoms with Gasteiger partial charge in [0.2, 0.25) is 0 Å². The Labute approximate surface area is 85.1 Å². The Bertz CT molecular complexity index is 482. The van der Waals surface area contributed by atoms with Crippen LogP contribution in [0.3, 0.4) is 0 Å². The number of aromatic nitrogens is 3. The van der Waals surface area contributed by atoms with E-state index in [1.807, 2.05) is 13.8 Å². The SMILES string of the molecule is CC(C)c1cc(-c2n[nH]c(=S)o2)no1. The third-order valence-corrected chi connectivity index (χ3v) is 1.93. The molecule has 0 saturated carbocycles. The minimum absolute atomic E-state index is 0.231. The van der Waals surface area contributed by atoms with Crippen LogP contribution >= 0.6 is 12.2 Å². The summed E-state index contributed by atoms with van der Waals surface area (Å²) in [5.41, 5.74) is 0.557. The molecule has 2 aromatic heterocycles. The van der Waals surface area contributed by atoms with Crippen LogP contribution < -0.4 is 0 Å². The average molecular weight is 211 g/mol. The summed E-state index contributed by atoms with van der Waals surface area (Å²) in [5, 5.41) is 10.2. The van der Waals surface area contributed by atoms with Crippen LogP contribution in [0.25, 0.3) is 11.6 Å². The molecule has 2 rings (SSSR count). The molecule has 0 radical (unpaired) electrons. The Morgan fingerprint density at radius 2 is 2.29 bits per heavy atom. The van der Waals surface area contributed by atoms with Crippen LogP contribution in [0.15, 0.2) is 15.0 Å². The van der Waals surface area contributed by atoms with Gasteiger partial charge in [-0.3, -0.25) is 0 Å². The largest absolute Gasteiger partial charge is 0.408 e. The molecule has 2 heterocycles. The van der Waals surface area contributed by atoms with Crippen LogP contribution in [0.5, 0.6) is 0 Å². The predicted molar refractivity (Wildman–Crippen MR) is 51.3 cm³/mol. The van der Waals surface area contributed by atoms with Crippen molar-refractivity contribution in [2.45, 2.75) is 19.8 Å². The quantitative estimate of drug-likeness (QED) is 0.773.